The maximum absolute atomic E-state index is 13.7. The first-order valence-corrected chi connectivity index (χ1v) is 5.39. The maximum atomic E-state index is 13.7. The van der Waals surface area contributed by atoms with E-state index in [1.165, 1.54) is 0 Å². The van der Waals surface area contributed by atoms with Crippen LogP contribution in [0.5, 0.6) is 0 Å². The molecule has 0 spiro atoms. The Labute approximate surface area is 97.9 Å². The third-order valence-corrected chi connectivity index (χ3v) is 2.51. The van der Waals surface area contributed by atoms with Crippen molar-refractivity contribution in [1.82, 2.24) is 9.55 Å². The first-order chi connectivity index (χ1) is 8.13. The molecule has 0 radical (unpaired) electrons. The molecule has 0 saturated heterocycles. The third kappa shape index (κ3) is 2.13. The lowest BCUT2D eigenvalue weighted by Gasteiger charge is -2.08. The largest absolute Gasteiger partial charge is 0.396 e. The summed E-state index contributed by atoms with van der Waals surface area (Å²) in [6.07, 6.45) is 4.20. The van der Waals surface area contributed by atoms with Gasteiger partial charge in [-0.05, 0) is 12.5 Å². The quantitative estimate of drug-likeness (QED) is 0.834. The summed E-state index contributed by atoms with van der Waals surface area (Å²) in [4.78, 5) is 4.05. The molecule has 0 unspecified atom stereocenters. The predicted octanol–water partition coefficient (Wildman–Crippen LogP) is 2.82. The molecule has 0 aliphatic carbocycles. The van der Waals surface area contributed by atoms with Gasteiger partial charge in [0.15, 0.2) is 0 Å². The summed E-state index contributed by atoms with van der Waals surface area (Å²) in [7, 11) is 0. The molecule has 0 fully saturated rings. The van der Waals surface area contributed by atoms with Gasteiger partial charge in [-0.3, -0.25) is 0 Å². The van der Waals surface area contributed by atoms with Crippen molar-refractivity contribution in [2.45, 2.75) is 19.9 Å². The SMILES string of the molecule is CCCn1ccnc1-c1cc(F)c(N)cc1F. The molecule has 1 aromatic carbocycles. The van der Waals surface area contributed by atoms with Gasteiger partial charge in [0.1, 0.15) is 17.5 Å². The van der Waals surface area contributed by atoms with Gasteiger partial charge in [0.2, 0.25) is 0 Å². The number of imidazole rings is 1. The van der Waals surface area contributed by atoms with Gasteiger partial charge < -0.3 is 10.3 Å². The van der Waals surface area contributed by atoms with Crippen molar-refractivity contribution in [2.75, 3.05) is 5.73 Å². The van der Waals surface area contributed by atoms with Crippen molar-refractivity contribution in [3.8, 4) is 11.4 Å². The maximum Gasteiger partial charge on any atom is 0.147 e. The van der Waals surface area contributed by atoms with E-state index in [9.17, 15) is 8.78 Å². The number of aryl methyl sites for hydroxylation is 1. The number of benzene rings is 1. The van der Waals surface area contributed by atoms with Gasteiger partial charge in [0.25, 0.3) is 0 Å². The van der Waals surface area contributed by atoms with Crippen LogP contribution in [-0.2, 0) is 6.54 Å². The lowest BCUT2D eigenvalue weighted by Crippen LogP contribution is -2.01. The van der Waals surface area contributed by atoms with Crippen LogP contribution in [-0.4, -0.2) is 9.55 Å². The van der Waals surface area contributed by atoms with E-state index in [1.807, 2.05) is 6.92 Å². The summed E-state index contributed by atoms with van der Waals surface area (Å²) >= 11 is 0. The summed E-state index contributed by atoms with van der Waals surface area (Å²) in [6, 6.07) is 2.06. The highest BCUT2D eigenvalue weighted by atomic mass is 19.1. The molecule has 2 aromatic rings. The molecular formula is C12H13F2N3. The number of nitrogens with zero attached hydrogens (tertiary/aromatic N) is 2. The van der Waals surface area contributed by atoms with E-state index in [4.69, 9.17) is 5.73 Å². The van der Waals surface area contributed by atoms with Crippen LogP contribution in [0.1, 0.15) is 13.3 Å². The molecule has 2 rings (SSSR count). The molecule has 1 aromatic heterocycles. The minimum Gasteiger partial charge on any atom is -0.396 e. The monoisotopic (exact) mass is 237 g/mol. The Bertz CT molecular complexity index is 535. The Kier molecular flexibility index (Phi) is 3.08. The fraction of sp³-hybridized carbons (Fsp3) is 0.250. The molecule has 17 heavy (non-hydrogen) atoms. The average molecular weight is 237 g/mol. The second kappa shape index (κ2) is 4.53. The summed E-state index contributed by atoms with van der Waals surface area (Å²) < 4.78 is 28.8. The van der Waals surface area contributed by atoms with Crippen molar-refractivity contribution in [2.24, 2.45) is 0 Å². The topological polar surface area (TPSA) is 43.8 Å². The Morgan fingerprint density at radius 3 is 2.76 bits per heavy atom. The van der Waals surface area contributed by atoms with Gasteiger partial charge in [-0.1, -0.05) is 6.92 Å². The number of nitrogens with two attached hydrogens (primary N) is 1. The molecule has 0 bridgehead atoms. The molecule has 5 heteroatoms. The van der Waals surface area contributed by atoms with Crippen LogP contribution >= 0.6 is 0 Å². The Morgan fingerprint density at radius 2 is 2.06 bits per heavy atom. The van der Waals surface area contributed by atoms with Gasteiger partial charge in [-0.25, -0.2) is 13.8 Å². The van der Waals surface area contributed by atoms with E-state index in [1.54, 1.807) is 17.0 Å². The molecule has 90 valence electrons. The zero-order valence-electron chi connectivity index (χ0n) is 9.45. The van der Waals surface area contributed by atoms with Crippen LogP contribution in [0.25, 0.3) is 11.4 Å². The first-order valence-electron chi connectivity index (χ1n) is 5.39. The molecule has 0 aliphatic heterocycles. The summed E-state index contributed by atoms with van der Waals surface area (Å²) in [5.74, 6) is -0.775. The van der Waals surface area contributed by atoms with Crippen LogP contribution < -0.4 is 5.73 Å². The second-order valence-corrected chi connectivity index (χ2v) is 3.80. The van der Waals surface area contributed by atoms with E-state index in [2.05, 4.69) is 4.98 Å². The molecule has 0 amide bonds. The van der Waals surface area contributed by atoms with Crippen LogP contribution in [0.4, 0.5) is 14.5 Å². The van der Waals surface area contributed by atoms with E-state index >= 15 is 0 Å². The van der Waals surface area contributed by atoms with E-state index in [-0.39, 0.29) is 11.3 Å². The number of halogens is 2. The van der Waals surface area contributed by atoms with Crippen molar-refractivity contribution < 1.29 is 8.78 Å². The molecule has 2 N–H and O–H groups in total. The highest BCUT2D eigenvalue weighted by Gasteiger charge is 2.13. The highest BCUT2D eigenvalue weighted by molar-refractivity contribution is 5.60. The van der Waals surface area contributed by atoms with Gasteiger partial charge in [-0.2, -0.15) is 0 Å². The van der Waals surface area contributed by atoms with Gasteiger partial charge in [-0.15, -0.1) is 0 Å². The zero-order chi connectivity index (χ0) is 12.4. The van der Waals surface area contributed by atoms with Crippen LogP contribution in [0.3, 0.4) is 0 Å². The summed E-state index contributed by atoms with van der Waals surface area (Å²) in [6.45, 7) is 2.71. The number of nitrogen functional groups attached to an aromatic ring is 1. The fourth-order valence-electron chi connectivity index (χ4n) is 1.71. The third-order valence-electron chi connectivity index (χ3n) is 2.51. The standard InChI is InChI=1S/C12H13F2N3/c1-2-4-17-5-3-16-12(17)8-6-10(14)11(15)7-9(8)13/h3,5-7H,2,4,15H2,1H3. The molecular weight excluding hydrogens is 224 g/mol. The fourth-order valence-corrected chi connectivity index (χ4v) is 1.71. The van der Waals surface area contributed by atoms with Crippen molar-refractivity contribution >= 4 is 5.69 Å². The lowest BCUT2D eigenvalue weighted by molar-refractivity contribution is 0.602. The minimum atomic E-state index is -0.632. The molecule has 3 nitrogen and oxygen atoms in total. The summed E-state index contributed by atoms with van der Waals surface area (Å²) in [5.41, 5.74) is 5.24. The Hall–Kier alpha value is -1.91. The van der Waals surface area contributed by atoms with Crippen LogP contribution in [0.15, 0.2) is 24.5 Å². The minimum absolute atomic E-state index is 0.134. The Balaban J connectivity index is 2.52. The van der Waals surface area contributed by atoms with E-state index in [0.29, 0.717) is 12.4 Å². The first kappa shape index (κ1) is 11.6. The summed E-state index contributed by atoms with van der Waals surface area (Å²) in [5, 5.41) is 0. The number of hydrogen-bond donors (Lipinski definition) is 1. The van der Waals surface area contributed by atoms with Crippen molar-refractivity contribution in [3.05, 3.63) is 36.2 Å². The molecule has 0 aliphatic rings. The van der Waals surface area contributed by atoms with E-state index in [0.717, 1.165) is 18.6 Å². The van der Waals surface area contributed by atoms with E-state index < -0.39 is 11.6 Å². The van der Waals surface area contributed by atoms with Crippen LogP contribution in [0.2, 0.25) is 0 Å². The van der Waals surface area contributed by atoms with Crippen molar-refractivity contribution in [1.29, 1.82) is 0 Å². The zero-order valence-corrected chi connectivity index (χ0v) is 9.45. The molecule has 0 atom stereocenters. The molecule has 1 heterocycles. The van der Waals surface area contributed by atoms with Gasteiger partial charge in [0, 0.05) is 25.0 Å². The van der Waals surface area contributed by atoms with Gasteiger partial charge >= 0.3 is 0 Å². The number of rotatable bonds is 3. The number of aromatic nitrogens is 2. The van der Waals surface area contributed by atoms with Gasteiger partial charge in [0.05, 0.1) is 11.3 Å². The number of anilines is 1. The smallest absolute Gasteiger partial charge is 0.147 e. The Morgan fingerprint density at radius 1 is 1.29 bits per heavy atom. The normalized spacial score (nSPS) is 10.8. The predicted molar refractivity (Wildman–Crippen MR) is 62.3 cm³/mol. The lowest BCUT2D eigenvalue weighted by atomic mass is 10.1. The highest BCUT2D eigenvalue weighted by Crippen LogP contribution is 2.25. The second-order valence-electron chi connectivity index (χ2n) is 3.80. The van der Waals surface area contributed by atoms with Crippen LogP contribution in [0, 0.1) is 11.6 Å². The average Bonchev–Trinajstić information content (AvgIpc) is 2.72. The number of hydrogen-bond acceptors (Lipinski definition) is 2. The van der Waals surface area contributed by atoms with Crippen molar-refractivity contribution in [3.63, 3.8) is 0 Å². The molecule has 0 saturated carbocycles.